The van der Waals surface area contributed by atoms with E-state index < -0.39 is 0 Å². The fourth-order valence-corrected chi connectivity index (χ4v) is 2.01. The Balaban J connectivity index is 0.00000200. The van der Waals surface area contributed by atoms with Crippen LogP contribution in [0.3, 0.4) is 0 Å². The summed E-state index contributed by atoms with van der Waals surface area (Å²) in [5.41, 5.74) is 5.66. The third-order valence-electron chi connectivity index (χ3n) is 3.01. The molecule has 0 amide bonds. The van der Waals surface area contributed by atoms with Gasteiger partial charge in [-0.1, -0.05) is 19.8 Å². The summed E-state index contributed by atoms with van der Waals surface area (Å²) < 4.78 is 5.59. The van der Waals surface area contributed by atoms with Crippen LogP contribution in [0.15, 0.2) is 4.79 Å². The Labute approximate surface area is 136 Å². The highest BCUT2D eigenvalue weighted by Gasteiger charge is 2.21. The van der Waals surface area contributed by atoms with E-state index in [0.29, 0.717) is 24.7 Å². The number of nitrogens with zero attached hydrogens (tertiary/aromatic N) is 1. The zero-order valence-electron chi connectivity index (χ0n) is 12.0. The van der Waals surface area contributed by atoms with E-state index in [4.69, 9.17) is 10.5 Å². The maximum absolute atomic E-state index is 11.7. The summed E-state index contributed by atoms with van der Waals surface area (Å²) >= 11 is 0. The minimum Gasteiger partial charge on any atom is -0.379 e. The van der Waals surface area contributed by atoms with Crippen LogP contribution in [-0.2, 0) is 4.74 Å². The summed E-state index contributed by atoms with van der Waals surface area (Å²) in [5, 5.41) is 6.23. The van der Waals surface area contributed by atoms with Gasteiger partial charge in [0, 0.05) is 13.2 Å². The number of H-pyrrole nitrogens is 1. The van der Waals surface area contributed by atoms with E-state index in [-0.39, 0.29) is 42.4 Å². The van der Waals surface area contributed by atoms with Gasteiger partial charge < -0.3 is 21.1 Å². The van der Waals surface area contributed by atoms with Gasteiger partial charge in [0.2, 0.25) is 5.95 Å². The molecular weight excluding hydrogens is 317 g/mol. The van der Waals surface area contributed by atoms with Crippen molar-refractivity contribution in [3.05, 3.63) is 10.4 Å². The number of nitrogens with one attached hydrogen (secondary N) is 3. The molecule has 0 bridgehead atoms. The van der Waals surface area contributed by atoms with E-state index in [0.717, 1.165) is 13.0 Å². The predicted octanol–water partition coefficient (Wildman–Crippen LogP) is 1.61. The molecule has 1 unspecified atom stereocenters. The number of rotatable bonds is 6. The molecule has 0 aliphatic carbocycles. The van der Waals surface area contributed by atoms with Crippen LogP contribution >= 0.6 is 24.8 Å². The monoisotopic (exact) mass is 339 g/mol. The maximum Gasteiger partial charge on any atom is 0.277 e. The van der Waals surface area contributed by atoms with Crippen molar-refractivity contribution in [2.45, 2.75) is 32.2 Å². The number of fused-ring (bicyclic) bond motifs is 1. The van der Waals surface area contributed by atoms with Crippen molar-refractivity contribution in [1.29, 1.82) is 0 Å². The highest BCUT2D eigenvalue weighted by molar-refractivity contribution is 5.85. The molecular formula is C12H23Cl2N5O2. The second-order valence-electron chi connectivity index (χ2n) is 4.68. The van der Waals surface area contributed by atoms with Crippen LogP contribution in [0, 0.1) is 0 Å². The number of aromatic amines is 1. The normalized spacial score (nSPS) is 15.8. The highest BCUT2D eigenvalue weighted by atomic mass is 35.5. The number of nitrogen functional groups attached to an aromatic ring is 1. The first-order chi connectivity index (χ1) is 9.20. The lowest BCUT2D eigenvalue weighted by Gasteiger charge is -2.26. The SMILES string of the molecule is CCCCCOCC1CNc2nc(N)[nH]c(=O)c2N1.Cl.Cl. The largest absolute Gasteiger partial charge is 0.379 e. The lowest BCUT2D eigenvalue weighted by Crippen LogP contribution is -2.40. The van der Waals surface area contributed by atoms with Crippen molar-refractivity contribution >= 4 is 42.3 Å². The van der Waals surface area contributed by atoms with E-state index in [1.54, 1.807) is 0 Å². The Morgan fingerprint density at radius 3 is 2.86 bits per heavy atom. The topological polar surface area (TPSA) is 105 Å². The number of unbranched alkanes of at least 4 members (excludes halogenated alkanes) is 2. The molecule has 0 saturated heterocycles. The molecule has 0 radical (unpaired) electrons. The van der Waals surface area contributed by atoms with Gasteiger partial charge >= 0.3 is 0 Å². The molecule has 1 aliphatic rings. The van der Waals surface area contributed by atoms with Crippen LogP contribution in [0.4, 0.5) is 17.5 Å². The van der Waals surface area contributed by atoms with E-state index in [9.17, 15) is 4.79 Å². The summed E-state index contributed by atoms with van der Waals surface area (Å²) in [6.07, 6.45) is 3.44. The number of hydrogen-bond acceptors (Lipinski definition) is 6. The second kappa shape index (κ2) is 9.70. The molecule has 5 N–H and O–H groups in total. The molecule has 122 valence electrons. The summed E-state index contributed by atoms with van der Waals surface area (Å²) in [6, 6.07) is 0.0700. The van der Waals surface area contributed by atoms with Crippen LogP contribution in [-0.4, -0.2) is 35.8 Å². The molecule has 2 heterocycles. The van der Waals surface area contributed by atoms with Gasteiger partial charge in [-0.2, -0.15) is 4.98 Å². The third kappa shape index (κ3) is 5.61. The lowest BCUT2D eigenvalue weighted by atomic mass is 10.2. The minimum atomic E-state index is -0.259. The van der Waals surface area contributed by atoms with Crippen LogP contribution in [0.25, 0.3) is 0 Å². The van der Waals surface area contributed by atoms with E-state index in [1.807, 2.05) is 0 Å². The first-order valence-electron chi connectivity index (χ1n) is 6.68. The summed E-state index contributed by atoms with van der Waals surface area (Å²) in [5.74, 6) is 0.621. The van der Waals surface area contributed by atoms with Gasteiger partial charge in [-0.15, -0.1) is 24.8 Å². The Morgan fingerprint density at radius 2 is 2.14 bits per heavy atom. The molecule has 2 rings (SSSR count). The van der Waals surface area contributed by atoms with Gasteiger partial charge in [0.25, 0.3) is 5.56 Å². The molecule has 7 nitrogen and oxygen atoms in total. The molecule has 1 aromatic heterocycles. The molecule has 1 atom stereocenters. The molecule has 0 spiro atoms. The zero-order chi connectivity index (χ0) is 13.7. The van der Waals surface area contributed by atoms with Crippen molar-refractivity contribution in [2.24, 2.45) is 0 Å². The number of nitrogens with two attached hydrogens (primary N) is 1. The van der Waals surface area contributed by atoms with E-state index in [2.05, 4.69) is 27.5 Å². The quantitative estimate of drug-likeness (QED) is 0.587. The summed E-state index contributed by atoms with van der Waals surface area (Å²) in [6.45, 7) is 4.15. The van der Waals surface area contributed by atoms with Crippen LogP contribution in [0.2, 0.25) is 0 Å². The summed E-state index contributed by atoms with van der Waals surface area (Å²) in [4.78, 5) is 18.2. The first kappa shape index (κ1) is 19.8. The van der Waals surface area contributed by atoms with Crippen molar-refractivity contribution in [3.8, 4) is 0 Å². The van der Waals surface area contributed by atoms with E-state index in [1.165, 1.54) is 12.8 Å². The van der Waals surface area contributed by atoms with Crippen LogP contribution in [0.1, 0.15) is 26.2 Å². The van der Waals surface area contributed by atoms with E-state index >= 15 is 0 Å². The molecule has 0 saturated carbocycles. The van der Waals surface area contributed by atoms with Crippen molar-refractivity contribution in [3.63, 3.8) is 0 Å². The van der Waals surface area contributed by atoms with Crippen LogP contribution in [0.5, 0.6) is 0 Å². The van der Waals surface area contributed by atoms with Gasteiger partial charge in [-0.3, -0.25) is 9.78 Å². The van der Waals surface area contributed by atoms with Crippen LogP contribution < -0.4 is 21.9 Å². The lowest BCUT2D eigenvalue weighted by molar-refractivity contribution is 0.123. The molecule has 0 fully saturated rings. The average molecular weight is 340 g/mol. The zero-order valence-corrected chi connectivity index (χ0v) is 13.6. The average Bonchev–Trinajstić information content (AvgIpc) is 2.39. The number of anilines is 3. The summed E-state index contributed by atoms with van der Waals surface area (Å²) in [7, 11) is 0. The van der Waals surface area contributed by atoms with Gasteiger partial charge in [0.15, 0.2) is 5.82 Å². The van der Waals surface area contributed by atoms with Gasteiger partial charge in [-0.05, 0) is 6.42 Å². The maximum atomic E-state index is 11.7. The number of hydrogen-bond donors (Lipinski definition) is 4. The molecule has 21 heavy (non-hydrogen) atoms. The van der Waals surface area contributed by atoms with Crippen molar-refractivity contribution in [2.75, 3.05) is 36.1 Å². The predicted molar refractivity (Wildman–Crippen MR) is 90.0 cm³/mol. The highest BCUT2D eigenvalue weighted by Crippen LogP contribution is 2.19. The fraction of sp³-hybridized carbons (Fsp3) is 0.667. The number of aromatic nitrogens is 2. The Bertz CT molecular complexity index is 483. The molecule has 0 aromatic carbocycles. The number of halogens is 2. The van der Waals surface area contributed by atoms with Crippen molar-refractivity contribution < 1.29 is 4.74 Å². The van der Waals surface area contributed by atoms with Crippen molar-refractivity contribution in [1.82, 2.24) is 9.97 Å². The van der Waals surface area contributed by atoms with Gasteiger partial charge in [-0.25, -0.2) is 0 Å². The van der Waals surface area contributed by atoms with Gasteiger partial charge in [0.1, 0.15) is 5.69 Å². The number of ether oxygens (including phenoxy) is 1. The smallest absolute Gasteiger partial charge is 0.277 e. The molecule has 9 heteroatoms. The Morgan fingerprint density at radius 1 is 1.38 bits per heavy atom. The standard InChI is InChI=1S/C12H21N5O2.2ClH/c1-2-3-4-5-19-7-8-6-14-10-9(15-8)11(18)17-12(13)16-10;;/h8,15H,2-7H2,1H3,(H4,13,14,16,17,18);2*1H. The fourth-order valence-electron chi connectivity index (χ4n) is 2.01. The molecule has 1 aliphatic heterocycles. The minimum absolute atomic E-state index is 0. The first-order valence-corrected chi connectivity index (χ1v) is 6.68. The second-order valence-corrected chi connectivity index (χ2v) is 4.68. The Kier molecular flexibility index (Phi) is 9.16. The molecule has 1 aromatic rings. The third-order valence-corrected chi connectivity index (χ3v) is 3.01. The Hall–Kier alpha value is -1.18. The van der Waals surface area contributed by atoms with Gasteiger partial charge in [0.05, 0.1) is 12.6 Å².